The van der Waals surface area contributed by atoms with Crippen LogP contribution < -0.4 is 0 Å². The molecule has 1 saturated carbocycles. The normalized spacial score (nSPS) is 28.0. The first-order valence-electron chi connectivity index (χ1n) is 5.55. The van der Waals surface area contributed by atoms with Crippen molar-refractivity contribution in [3.8, 4) is 0 Å². The molecule has 1 aliphatic carbocycles. The predicted octanol–water partition coefficient (Wildman–Crippen LogP) is 2.19. The zero-order chi connectivity index (χ0) is 11.6. The summed E-state index contributed by atoms with van der Waals surface area (Å²) >= 11 is 0. The molecule has 15 heavy (non-hydrogen) atoms. The Labute approximate surface area is 91.2 Å². The average Bonchev–Trinajstić information content (AvgIpc) is 2.11. The number of ether oxygens (including phenoxy) is 1. The topological polar surface area (TPSA) is 43.4 Å². The number of ketones is 1. The van der Waals surface area contributed by atoms with Crippen LogP contribution in [0.15, 0.2) is 0 Å². The fraction of sp³-hybridized carbons (Fsp3) is 0.833. The predicted molar refractivity (Wildman–Crippen MR) is 57.3 cm³/mol. The minimum atomic E-state index is -0.141. The van der Waals surface area contributed by atoms with Crippen molar-refractivity contribution in [3.05, 3.63) is 0 Å². The van der Waals surface area contributed by atoms with E-state index < -0.39 is 0 Å². The fourth-order valence-electron chi connectivity index (χ4n) is 2.47. The minimum absolute atomic E-state index is 0.0431. The van der Waals surface area contributed by atoms with Crippen molar-refractivity contribution < 1.29 is 14.3 Å². The first kappa shape index (κ1) is 12.2. The molecule has 3 heteroatoms. The molecule has 0 aromatic rings. The Morgan fingerprint density at radius 3 is 2.40 bits per heavy atom. The highest BCUT2D eigenvalue weighted by atomic mass is 16.5. The van der Waals surface area contributed by atoms with Crippen LogP contribution in [0.1, 0.15) is 40.5 Å². The molecule has 86 valence electrons. The van der Waals surface area contributed by atoms with Crippen LogP contribution >= 0.6 is 0 Å². The third kappa shape index (κ3) is 2.39. The molecule has 1 rings (SSSR count). The number of hydrogen-bond acceptors (Lipinski definition) is 3. The van der Waals surface area contributed by atoms with E-state index in [1.165, 1.54) is 0 Å². The van der Waals surface area contributed by atoms with Crippen molar-refractivity contribution in [2.75, 3.05) is 6.61 Å². The van der Waals surface area contributed by atoms with Crippen molar-refractivity contribution in [3.63, 3.8) is 0 Å². The van der Waals surface area contributed by atoms with Crippen molar-refractivity contribution in [1.29, 1.82) is 0 Å². The monoisotopic (exact) mass is 212 g/mol. The lowest BCUT2D eigenvalue weighted by Gasteiger charge is -2.50. The molecule has 0 heterocycles. The summed E-state index contributed by atoms with van der Waals surface area (Å²) in [6, 6.07) is 0. The number of hydrogen-bond donors (Lipinski definition) is 0. The second-order valence-electron chi connectivity index (χ2n) is 4.93. The van der Waals surface area contributed by atoms with Crippen LogP contribution in [-0.2, 0) is 14.3 Å². The van der Waals surface area contributed by atoms with Gasteiger partial charge < -0.3 is 4.74 Å². The summed E-state index contributed by atoms with van der Waals surface area (Å²) in [4.78, 5) is 22.6. The van der Waals surface area contributed by atoms with Crippen molar-refractivity contribution in [1.82, 2.24) is 0 Å². The molecule has 0 unspecified atom stereocenters. The third-order valence-electron chi connectivity index (χ3n) is 3.68. The Morgan fingerprint density at radius 2 is 2.00 bits per heavy atom. The molecule has 0 amide bonds. The van der Waals surface area contributed by atoms with E-state index in [1.807, 2.05) is 6.92 Å². The Morgan fingerprint density at radius 1 is 1.40 bits per heavy atom. The molecular weight excluding hydrogens is 192 g/mol. The highest BCUT2D eigenvalue weighted by Gasteiger charge is 2.50. The molecule has 2 atom stereocenters. The van der Waals surface area contributed by atoms with E-state index in [2.05, 4.69) is 13.8 Å². The van der Waals surface area contributed by atoms with E-state index >= 15 is 0 Å². The fourth-order valence-corrected chi connectivity index (χ4v) is 2.47. The summed E-state index contributed by atoms with van der Waals surface area (Å²) in [6.45, 7) is 8.00. The Bertz CT molecular complexity index is 268. The SMILES string of the molecule is CCOC(=O)C[C@@H]1C[C@H](C(C)=O)C1(C)C. The van der Waals surface area contributed by atoms with Crippen LogP contribution in [0, 0.1) is 17.3 Å². The maximum Gasteiger partial charge on any atom is 0.306 e. The van der Waals surface area contributed by atoms with Crippen molar-refractivity contribution >= 4 is 11.8 Å². The molecule has 0 N–H and O–H groups in total. The first-order valence-corrected chi connectivity index (χ1v) is 5.55. The number of esters is 1. The van der Waals surface area contributed by atoms with Crippen LogP contribution in [0.25, 0.3) is 0 Å². The Balaban J connectivity index is 2.48. The zero-order valence-corrected chi connectivity index (χ0v) is 10.0. The summed E-state index contributed by atoms with van der Waals surface area (Å²) in [6.07, 6.45) is 1.28. The van der Waals surface area contributed by atoms with Gasteiger partial charge in [0.2, 0.25) is 0 Å². The number of Topliss-reactive ketones (excluding diaryl/α,β-unsaturated/α-hetero) is 1. The first-order chi connectivity index (χ1) is 6.89. The van der Waals surface area contributed by atoms with Gasteiger partial charge in [0.05, 0.1) is 6.61 Å². The number of carbonyl (C=O) groups is 2. The van der Waals surface area contributed by atoms with Gasteiger partial charge >= 0.3 is 5.97 Å². The molecule has 0 saturated heterocycles. The smallest absolute Gasteiger partial charge is 0.306 e. The minimum Gasteiger partial charge on any atom is -0.466 e. The largest absolute Gasteiger partial charge is 0.466 e. The van der Waals surface area contributed by atoms with Crippen LogP contribution in [0.2, 0.25) is 0 Å². The average molecular weight is 212 g/mol. The molecule has 0 radical (unpaired) electrons. The maximum absolute atomic E-state index is 11.3. The molecule has 0 aromatic carbocycles. The second kappa shape index (κ2) is 4.33. The molecular formula is C12H20O3. The van der Waals surface area contributed by atoms with E-state index in [9.17, 15) is 9.59 Å². The van der Waals surface area contributed by atoms with Gasteiger partial charge in [0, 0.05) is 12.3 Å². The van der Waals surface area contributed by atoms with Crippen molar-refractivity contribution in [2.45, 2.75) is 40.5 Å². The second-order valence-corrected chi connectivity index (χ2v) is 4.93. The van der Waals surface area contributed by atoms with Gasteiger partial charge in [-0.25, -0.2) is 0 Å². The molecule has 1 aliphatic rings. The van der Waals surface area contributed by atoms with E-state index in [0.29, 0.717) is 18.9 Å². The van der Waals surface area contributed by atoms with E-state index in [1.54, 1.807) is 6.92 Å². The van der Waals surface area contributed by atoms with Crippen molar-refractivity contribution in [2.24, 2.45) is 17.3 Å². The van der Waals surface area contributed by atoms with Crippen LogP contribution in [0.5, 0.6) is 0 Å². The lowest BCUT2D eigenvalue weighted by molar-refractivity contribution is -0.153. The van der Waals surface area contributed by atoms with Crippen LogP contribution in [0.3, 0.4) is 0 Å². The van der Waals surface area contributed by atoms with Gasteiger partial charge in [0.15, 0.2) is 0 Å². The molecule has 0 bridgehead atoms. The summed E-state index contributed by atoms with van der Waals surface area (Å²) in [7, 11) is 0. The lowest BCUT2D eigenvalue weighted by atomic mass is 9.53. The standard InChI is InChI=1S/C12H20O3/c1-5-15-11(14)7-9-6-10(8(2)13)12(9,3)4/h9-10H,5-7H2,1-4H3/t9-,10+/m0/s1. The quantitative estimate of drug-likeness (QED) is 0.671. The molecule has 3 nitrogen and oxygen atoms in total. The summed E-state index contributed by atoms with van der Waals surface area (Å²) < 4.78 is 4.91. The zero-order valence-electron chi connectivity index (χ0n) is 10.0. The summed E-state index contributed by atoms with van der Waals surface area (Å²) in [5, 5.41) is 0. The highest BCUT2D eigenvalue weighted by Crippen LogP contribution is 2.53. The molecule has 0 aromatic heterocycles. The van der Waals surface area contributed by atoms with Gasteiger partial charge in [-0.2, -0.15) is 0 Å². The van der Waals surface area contributed by atoms with E-state index in [-0.39, 0.29) is 23.1 Å². The molecule has 1 fully saturated rings. The van der Waals surface area contributed by atoms with Crippen LogP contribution in [-0.4, -0.2) is 18.4 Å². The van der Waals surface area contributed by atoms with Gasteiger partial charge in [-0.05, 0) is 31.6 Å². The third-order valence-corrected chi connectivity index (χ3v) is 3.68. The number of carbonyl (C=O) groups excluding carboxylic acids is 2. The lowest BCUT2D eigenvalue weighted by Crippen LogP contribution is -2.49. The molecule has 0 aliphatic heterocycles. The van der Waals surface area contributed by atoms with E-state index in [4.69, 9.17) is 4.74 Å². The molecule has 0 spiro atoms. The van der Waals surface area contributed by atoms with E-state index in [0.717, 1.165) is 6.42 Å². The van der Waals surface area contributed by atoms with Gasteiger partial charge in [-0.1, -0.05) is 13.8 Å². The van der Waals surface area contributed by atoms with Gasteiger partial charge in [-0.3, -0.25) is 9.59 Å². The number of rotatable bonds is 4. The summed E-state index contributed by atoms with van der Waals surface area (Å²) in [5.41, 5.74) is -0.0431. The maximum atomic E-state index is 11.3. The Kier molecular flexibility index (Phi) is 3.53. The summed E-state index contributed by atoms with van der Waals surface area (Å²) in [5.74, 6) is 0.514. The van der Waals surface area contributed by atoms with Gasteiger partial charge in [-0.15, -0.1) is 0 Å². The van der Waals surface area contributed by atoms with Crippen LogP contribution in [0.4, 0.5) is 0 Å². The highest BCUT2D eigenvalue weighted by molar-refractivity contribution is 5.81. The van der Waals surface area contributed by atoms with Gasteiger partial charge in [0.25, 0.3) is 0 Å². The Hall–Kier alpha value is -0.860. The van der Waals surface area contributed by atoms with Gasteiger partial charge in [0.1, 0.15) is 5.78 Å².